The molecular formula is C16H24FN3O3. The maximum Gasteiger partial charge on any atom is 0.348 e. The Morgan fingerprint density at radius 2 is 2.13 bits per heavy atom. The Morgan fingerprint density at radius 3 is 2.65 bits per heavy atom. The molecule has 1 fully saturated rings. The predicted octanol–water partition coefficient (Wildman–Crippen LogP) is 1.50. The molecule has 1 atom stereocenters. The summed E-state index contributed by atoms with van der Waals surface area (Å²) >= 11 is 0. The van der Waals surface area contributed by atoms with Crippen LogP contribution in [0.2, 0.25) is 0 Å². The van der Waals surface area contributed by atoms with Gasteiger partial charge in [0.25, 0.3) is 0 Å². The number of likely N-dealkylation sites (tertiary alicyclic amines) is 1. The Kier molecular flexibility index (Phi) is 5.19. The molecule has 0 unspecified atom stereocenters. The summed E-state index contributed by atoms with van der Waals surface area (Å²) in [7, 11) is 0. The van der Waals surface area contributed by atoms with Gasteiger partial charge in [-0.05, 0) is 31.2 Å². The maximum absolute atomic E-state index is 13.4. The molecule has 2 rings (SSSR count). The van der Waals surface area contributed by atoms with Crippen molar-refractivity contribution in [2.24, 2.45) is 5.92 Å². The van der Waals surface area contributed by atoms with Gasteiger partial charge in [0.15, 0.2) is 0 Å². The lowest BCUT2D eigenvalue weighted by molar-refractivity contribution is -0.141. The van der Waals surface area contributed by atoms with Gasteiger partial charge >= 0.3 is 11.7 Å². The van der Waals surface area contributed by atoms with Crippen molar-refractivity contribution >= 4 is 5.97 Å². The Labute approximate surface area is 134 Å². The number of carbonyl (C=O) groups is 1. The summed E-state index contributed by atoms with van der Waals surface area (Å²) in [6, 6.07) is -0.909. The number of hydrogen-bond acceptors (Lipinski definition) is 4. The standard InChI is InChI=1S/C16H24FN3O3/c1-11(2)6-13(14(21)22)20-8-12(7-18-15(20)23)4-5-19-9-16(3,17)10-19/h7-8,11,13H,4-6,9-10H2,1-3H3,(H,21,22)/t13-/m0/s1. The molecule has 7 heteroatoms. The topological polar surface area (TPSA) is 75.4 Å². The van der Waals surface area contributed by atoms with Gasteiger partial charge in [-0.3, -0.25) is 9.47 Å². The number of nitrogens with zero attached hydrogens (tertiary/aromatic N) is 3. The summed E-state index contributed by atoms with van der Waals surface area (Å²) < 4.78 is 14.7. The Balaban J connectivity index is 2.08. The van der Waals surface area contributed by atoms with Crippen molar-refractivity contribution < 1.29 is 14.3 Å². The fourth-order valence-corrected chi connectivity index (χ4v) is 2.94. The number of carboxylic acid groups (broad SMARTS) is 1. The van der Waals surface area contributed by atoms with Crippen molar-refractivity contribution in [2.45, 2.75) is 45.3 Å². The first-order valence-corrected chi connectivity index (χ1v) is 7.89. The fourth-order valence-electron chi connectivity index (χ4n) is 2.94. The van der Waals surface area contributed by atoms with Crippen molar-refractivity contribution in [3.63, 3.8) is 0 Å². The average Bonchev–Trinajstić information content (AvgIpc) is 2.41. The van der Waals surface area contributed by atoms with Crippen molar-refractivity contribution in [3.8, 4) is 0 Å². The molecule has 0 aromatic carbocycles. The van der Waals surface area contributed by atoms with Crippen LogP contribution < -0.4 is 5.69 Å². The highest BCUT2D eigenvalue weighted by Crippen LogP contribution is 2.24. The minimum atomic E-state index is -1.11. The van der Waals surface area contributed by atoms with Crippen LogP contribution >= 0.6 is 0 Å². The first-order valence-electron chi connectivity index (χ1n) is 7.89. The molecule has 0 aliphatic carbocycles. The van der Waals surface area contributed by atoms with Crippen LogP contribution in [0.3, 0.4) is 0 Å². The summed E-state index contributed by atoms with van der Waals surface area (Å²) in [5.41, 5.74) is -0.878. The van der Waals surface area contributed by atoms with Crippen LogP contribution in [0.15, 0.2) is 17.2 Å². The van der Waals surface area contributed by atoms with Crippen molar-refractivity contribution in [1.82, 2.24) is 14.5 Å². The SMILES string of the molecule is CC(C)C[C@@H](C(=O)O)n1cc(CCN2CC(C)(F)C2)cnc1=O. The number of carboxylic acids is 1. The molecule has 1 N–H and O–H groups in total. The molecule has 0 spiro atoms. The minimum Gasteiger partial charge on any atom is -0.480 e. The first kappa shape index (κ1) is 17.6. The lowest BCUT2D eigenvalue weighted by Crippen LogP contribution is -2.57. The zero-order valence-electron chi connectivity index (χ0n) is 13.8. The number of hydrogen-bond donors (Lipinski definition) is 1. The van der Waals surface area contributed by atoms with E-state index in [9.17, 15) is 19.1 Å². The number of aliphatic carboxylic acids is 1. The van der Waals surface area contributed by atoms with E-state index in [2.05, 4.69) is 4.98 Å². The van der Waals surface area contributed by atoms with Gasteiger partial charge in [-0.25, -0.2) is 19.0 Å². The zero-order valence-corrected chi connectivity index (χ0v) is 13.8. The van der Waals surface area contributed by atoms with Gasteiger partial charge in [-0.15, -0.1) is 0 Å². The van der Waals surface area contributed by atoms with Crippen LogP contribution in [0.25, 0.3) is 0 Å². The normalized spacial score (nSPS) is 18.7. The van der Waals surface area contributed by atoms with E-state index in [1.807, 2.05) is 18.7 Å². The summed E-state index contributed by atoms with van der Waals surface area (Å²) in [6.07, 6.45) is 4.02. The van der Waals surface area contributed by atoms with Gasteiger partial charge in [-0.1, -0.05) is 13.8 Å². The van der Waals surface area contributed by atoms with Gasteiger partial charge in [0.05, 0.1) is 0 Å². The highest BCUT2D eigenvalue weighted by atomic mass is 19.1. The minimum absolute atomic E-state index is 0.148. The molecule has 1 aliphatic rings. The summed E-state index contributed by atoms with van der Waals surface area (Å²) in [6.45, 7) is 6.89. The van der Waals surface area contributed by atoms with E-state index in [0.717, 1.165) is 5.56 Å². The van der Waals surface area contributed by atoms with Gasteiger partial charge in [0.1, 0.15) is 11.7 Å². The van der Waals surface area contributed by atoms with Crippen molar-refractivity contribution in [3.05, 3.63) is 28.4 Å². The maximum atomic E-state index is 13.4. The molecule has 23 heavy (non-hydrogen) atoms. The number of aromatic nitrogens is 2. The van der Waals surface area contributed by atoms with E-state index in [-0.39, 0.29) is 5.92 Å². The van der Waals surface area contributed by atoms with E-state index in [1.54, 1.807) is 13.1 Å². The molecule has 1 aromatic heterocycles. The molecule has 0 saturated carbocycles. The molecule has 128 valence electrons. The van der Waals surface area contributed by atoms with Crippen LogP contribution in [0.4, 0.5) is 4.39 Å². The second kappa shape index (κ2) is 6.78. The monoisotopic (exact) mass is 325 g/mol. The molecule has 1 saturated heterocycles. The van der Waals surface area contributed by atoms with E-state index in [4.69, 9.17) is 0 Å². The van der Waals surface area contributed by atoms with Gasteiger partial charge < -0.3 is 5.11 Å². The van der Waals surface area contributed by atoms with Gasteiger partial charge in [-0.2, -0.15) is 0 Å². The second-order valence-electron chi connectivity index (χ2n) is 7.01. The van der Waals surface area contributed by atoms with E-state index in [0.29, 0.717) is 32.5 Å². The van der Waals surface area contributed by atoms with Crippen LogP contribution in [-0.4, -0.2) is 50.8 Å². The summed E-state index contributed by atoms with van der Waals surface area (Å²) in [4.78, 5) is 29.1. The highest BCUT2D eigenvalue weighted by molar-refractivity contribution is 5.71. The van der Waals surface area contributed by atoms with E-state index >= 15 is 0 Å². The van der Waals surface area contributed by atoms with E-state index in [1.165, 1.54) is 10.8 Å². The van der Waals surface area contributed by atoms with Crippen LogP contribution in [0.1, 0.15) is 38.8 Å². The van der Waals surface area contributed by atoms with Gasteiger partial charge in [0.2, 0.25) is 0 Å². The lowest BCUT2D eigenvalue weighted by atomic mass is 9.98. The van der Waals surface area contributed by atoms with Crippen LogP contribution in [-0.2, 0) is 11.2 Å². The summed E-state index contributed by atoms with van der Waals surface area (Å²) in [5, 5.41) is 9.38. The molecule has 6 nitrogen and oxygen atoms in total. The quantitative estimate of drug-likeness (QED) is 0.822. The largest absolute Gasteiger partial charge is 0.480 e. The molecule has 0 bridgehead atoms. The second-order valence-corrected chi connectivity index (χ2v) is 7.01. The number of halogens is 1. The molecule has 0 radical (unpaired) electrons. The fraction of sp³-hybridized carbons (Fsp3) is 0.688. The van der Waals surface area contributed by atoms with Gasteiger partial charge in [0, 0.05) is 32.0 Å². The Bertz CT molecular complexity index is 619. The molecule has 1 aliphatic heterocycles. The van der Waals surface area contributed by atoms with E-state index < -0.39 is 23.4 Å². The molecule has 0 amide bonds. The third kappa shape index (κ3) is 4.60. The highest BCUT2D eigenvalue weighted by Gasteiger charge is 2.38. The number of alkyl halides is 1. The number of rotatable bonds is 7. The Hall–Kier alpha value is -1.76. The Morgan fingerprint density at radius 1 is 1.48 bits per heavy atom. The van der Waals surface area contributed by atoms with Crippen molar-refractivity contribution in [1.29, 1.82) is 0 Å². The van der Waals surface area contributed by atoms with Crippen molar-refractivity contribution in [2.75, 3.05) is 19.6 Å². The zero-order chi connectivity index (χ0) is 17.2. The lowest BCUT2D eigenvalue weighted by Gasteiger charge is -2.42. The first-order chi connectivity index (χ1) is 10.7. The average molecular weight is 325 g/mol. The summed E-state index contributed by atoms with van der Waals surface area (Å²) in [5.74, 6) is -0.884. The predicted molar refractivity (Wildman–Crippen MR) is 84.3 cm³/mol. The van der Waals surface area contributed by atoms with Crippen LogP contribution in [0, 0.1) is 5.92 Å². The molecule has 2 heterocycles. The third-order valence-corrected chi connectivity index (χ3v) is 4.01. The molecular weight excluding hydrogens is 301 g/mol. The smallest absolute Gasteiger partial charge is 0.348 e. The van der Waals surface area contributed by atoms with Crippen LogP contribution in [0.5, 0.6) is 0 Å². The third-order valence-electron chi connectivity index (χ3n) is 4.01. The molecule has 1 aromatic rings.